The fraction of sp³-hybridized carbons (Fsp3) is 0.700. The average molecular weight is 195 g/mol. The molecule has 14 heavy (non-hydrogen) atoms. The number of nitrogens with one attached hydrogen (secondary N) is 1. The number of hydrogen-bond donors (Lipinski definition) is 2. The van der Waals surface area contributed by atoms with Crippen LogP contribution < -0.4 is 0 Å². The Bertz CT molecular complexity index is 307. The molecule has 0 spiro atoms. The number of hydrogen-bond acceptors (Lipinski definition) is 3. The van der Waals surface area contributed by atoms with E-state index < -0.39 is 5.60 Å². The highest BCUT2D eigenvalue weighted by molar-refractivity contribution is 5.21. The number of aromatic nitrogens is 2. The van der Waals surface area contributed by atoms with E-state index in [1.165, 1.54) is 0 Å². The van der Waals surface area contributed by atoms with Crippen molar-refractivity contribution in [1.82, 2.24) is 15.1 Å². The summed E-state index contributed by atoms with van der Waals surface area (Å²) in [4.78, 5) is 2.25. The molecule has 1 fully saturated rings. The first-order valence-electron chi connectivity index (χ1n) is 4.88. The van der Waals surface area contributed by atoms with Gasteiger partial charge >= 0.3 is 0 Å². The van der Waals surface area contributed by atoms with E-state index >= 15 is 0 Å². The van der Waals surface area contributed by atoms with Gasteiger partial charge in [0.1, 0.15) is 5.60 Å². The number of H-pyrrole nitrogens is 1. The minimum Gasteiger partial charge on any atom is -0.382 e. The quantitative estimate of drug-likeness (QED) is 0.694. The number of aliphatic hydroxyl groups is 1. The van der Waals surface area contributed by atoms with Crippen LogP contribution in [0.1, 0.15) is 26.3 Å². The summed E-state index contributed by atoms with van der Waals surface area (Å²) in [5.74, 6) is 0. The standard InChI is InChI=1S/C10H17N3O/c1-9(2,3)13-6-10(14,7-13)8-4-11-12-5-8/h4-5,14H,6-7H2,1-3H3,(H,11,12). The molecule has 1 aromatic heterocycles. The van der Waals surface area contributed by atoms with Crippen molar-refractivity contribution >= 4 is 0 Å². The third-order valence-electron chi connectivity index (χ3n) is 2.89. The van der Waals surface area contributed by atoms with Crippen molar-refractivity contribution < 1.29 is 5.11 Å². The van der Waals surface area contributed by atoms with E-state index in [0.29, 0.717) is 13.1 Å². The van der Waals surface area contributed by atoms with Crippen LogP contribution in [0.15, 0.2) is 12.4 Å². The Morgan fingerprint density at radius 1 is 1.50 bits per heavy atom. The molecule has 0 amide bonds. The van der Waals surface area contributed by atoms with Crippen molar-refractivity contribution in [2.75, 3.05) is 13.1 Å². The normalized spacial score (nSPS) is 22.0. The Morgan fingerprint density at radius 3 is 2.57 bits per heavy atom. The van der Waals surface area contributed by atoms with E-state index in [1.807, 2.05) is 0 Å². The molecule has 4 nitrogen and oxygen atoms in total. The SMILES string of the molecule is CC(C)(C)N1CC(O)(c2cn[nH]c2)C1. The molecule has 0 saturated carbocycles. The summed E-state index contributed by atoms with van der Waals surface area (Å²) in [5, 5.41) is 16.8. The van der Waals surface area contributed by atoms with E-state index in [2.05, 4.69) is 35.9 Å². The van der Waals surface area contributed by atoms with E-state index in [4.69, 9.17) is 0 Å². The molecule has 78 valence electrons. The largest absolute Gasteiger partial charge is 0.382 e. The van der Waals surface area contributed by atoms with Crippen LogP contribution in [0.4, 0.5) is 0 Å². The molecule has 1 aromatic rings. The summed E-state index contributed by atoms with van der Waals surface area (Å²) in [6.45, 7) is 7.85. The van der Waals surface area contributed by atoms with Crippen LogP contribution in [-0.2, 0) is 5.60 Å². The minimum absolute atomic E-state index is 0.135. The highest BCUT2D eigenvalue weighted by Crippen LogP contribution is 2.35. The lowest BCUT2D eigenvalue weighted by atomic mass is 9.84. The van der Waals surface area contributed by atoms with Gasteiger partial charge in [0, 0.05) is 30.4 Å². The Balaban J connectivity index is 2.06. The first-order valence-corrected chi connectivity index (χ1v) is 4.88. The summed E-state index contributed by atoms with van der Waals surface area (Å²) in [5.41, 5.74) is 0.328. The van der Waals surface area contributed by atoms with Crippen molar-refractivity contribution in [2.24, 2.45) is 0 Å². The molecule has 0 aliphatic carbocycles. The third kappa shape index (κ3) is 1.44. The van der Waals surface area contributed by atoms with Gasteiger partial charge in [-0.1, -0.05) is 0 Å². The average Bonchev–Trinajstić information content (AvgIpc) is 2.48. The summed E-state index contributed by atoms with van der Waals surface area (Å²) in [7, 11) is 0. The molecule has 1 aliphatic rings. The lowest BCUT2D eigenvalue weighted by Crippen LogP contribution is -2.64. The minimum atomic E-state index is -0.694. The van der Waals surface area contributed by atoms with E-state index in [0.717, 1.165) is 5.56 Å². The predicted octanol–water partition coefficient (Wildman–Crippen LogP) is 0.711. The topological polar surface area (TPSA) is 52.1 Å². The van der Waals surface area contributed by atoms with Gasteiger partial charge < -0.3 is 5.11 Å². The second-order valence-corrected chi connectivity index (χ2v) is 5.05. The highest BCUT2D eigenvalue weighted by Gasteiger charge is 2.46. The summed E-state index contributed by atoms with van der Waals surface area (Å²) in [6, 6.07) is 0. The van der Waals surface area contributed by atoms with Crippen LogP contribution in [0.2, 0.25) is 0 Å². The van der Waals surface area contributed by atoms with Gasteiger partial charge in [-0.05, 0) is 20.8 Å². The first kappa shape index (κ1) is 9.68. The molecule has 0 unspecified atom stereocenters. The zero-order valence-electron chi connectivity index (χ0n) is 8.91. The Labute approximate surface area is 83.9 Å². The van der Waals surface area contributed by atoms with Crippen molar-refractivity contribution in [3.8, 4) is 0 Å². The molecule has 0 atom stereocenters. The molecular weight excluding hydrogens is 178 g/mol. The zero-order chi connectivity index (χ0) is 10.4. The van der Waals surface area contributed by atoms with Gasteiger partial charge in [-0.2, -0.15) is 5.10 Å². The van der Waals surface area contributed by atoms with Crippen molar-refractivity contribution in [3.63, 3.8) is 0 Å². The lowest BCUT2D eigenvalue weighted by molar-refractivity contribution is -0.137. The number of aromatic amines is 1. The number of likely N-dealkylation sites (tertiary alicyclic amines) is 1. The van der Waals surface area contributed by atoms with Crippen LogP contribution in [-0.4, -0.2) is 38.8 Å². The molecule has 0 radical (unpaired) electrons. The van der Waals surface area contributed by atoms with Gasteiger partial charge in [0.05, 0.1) is 6.20 Å². The summed E-state index contributed by atoms with van der Waals surface area (Å²) < 4.78 is 0. The van der Waals surface area contributed by atoms with Crippen LogP contribution in [0, 0.1) is 0 Å². The molecule has 0 bridgehead atoms. The van der Waals surface area contributed by atoms with Crippen molar-refractivity contribution in [3.05, 3.63) is 18.0 Å². The van der Waals surface area contributed by atoms with Crippen molar-refractivity contribution in [1.29, 1.82) is 0 Å². The van der Waals surface area contributed by atoms with Crippen LogP contribution in [0.25, 0.3) is 0 Å². The molecular formula is C10H17N3O. The maximum atomic E-state index is 10.2. The van der Waals surface area contributed by atoms with Gasteiger partial charge in [0.25, 0.3) is 0 Å². The predicted molar refractivity (Wildman–Crippen MR) is 53.8 cm³/mol. The Hall–Kier alpha value is -0.870. The maximum Gasteiger partial charge on any atom is 0.118 e. The fourth-order valence-electron chi connectivity index (χ4n) is 1.75. The monoisotopic (exact) mass is 195 g/mol. The number of rotatable bonds is 1. The van der Waals surface area contributed by atoms with Crippen LogP contribution in [0.3, 0.4) is 0 Å². The smallest absolute Gasteiger partial charge is 0.118 e. The van der Waals surface area contributed by atoms with Crippen molar-refractivity contribution in [2.45, 2.75) is 31.9 Å². The first-order chi connectivity index (χ1) is 6.42. The molecule has 4 heteroatoms. The molecule has 1 aliphatic heterocycles. The van der Waals surface area contributed by atoms with Gasteiger partial charge in [0.15, 0.2) is 0 Å². The number of β-amino-alcohol motifs (C(OH)–C–C–N with tert-alkyl or cyclic N) is 1. The zero-order valence-corrected chi connectivity index (χ0v) is 8.91. The van der Waals surface area contributed by atoms with Gasteiger partial charge in [-0.25, -0.2) is 0 Å². The molecule has 2 N–H and O–H groups in total. The van der Waals surface area contributed by atoms with E-state index in [1.54, 1.807) is 12.4 Å². The highest BCUT2D eigenvalue weighted by atomic mass is 16.3. The van der Waals surface area contributed by atoms with E-state index in [9.17, 15) is 5.11 Å². The second kappa shape index (κ2) is 2.81. The van der Waals surface area contributed by atoms with Gasteiger partial charge in [0.2, 0.25) is 0 Å². The second-order valence-electron chi connectivity index (χ2n) is 5.05. The molecule has 2 heterocycles. The Kier molecular flexibility index (Phi) is 1.94. The van der Waals surface area contributed by atoms with Crippen LogP contribution in [0.5, 0.6) is 0 Å². The molecule has 1 saturated heterocycles. The Morgan fingerprint density at radius 2 is 2.14 bits per heavy atom. The summed E-state index contributed by atoms with van der Waals surface area (Å²) >= 11 is 0. The lowest BCUT2D eigenvalue weighted by Gasteiger charge is -2.52. The molecule has 2 rings (SSSR count). The summed E-state index contributed by atoms with van der Waals surface area (Å²) in [6.07, 6.45) is 3.46. The number of nitrogens with zero attached hydrogens (tertiary/aromatic N) is 2. The third-order valence-corrected chi connectivity index (χ3v) is 2.89. The van der Waals surface area contributed by atoms with Gasteiger partial charge in [-0.15, -0.1) is 0 Å². The molecule has 0 aromatic carbocycles. The fourth-order valence-corrected chi connectivity index (χ4v) is 1.75. The van der Waals surface area contributed by atoms with Gasteiger partial charge in [-0.3, -0.25) is 10.00 Å². The van der Waals surface area contributed by atoms with E-state index in [-0.39, 0.29) is 5.54 Å². The van der Waals surface area contributed by atoms with Crippen LogP contribution >= 0.6 is 0 Å². The maximum absolute atomic E-state index is 10.2.